The number of nitrogens with zero attached hydrogens (tertiary/aromatic N) is 1. The average Bonchev–Trinajstić information content (AvgIpc) is 3.05. The van der Waals surface area contributed by atoms with Gasteiger partial charge in [0.2, 0.25) is 0 Å². The van der Waals surface area contributed by atoms with Crippen LogP contribution >= 0.6 is 11.6 Å². The van der Waals surface area contributed by atoms with Crippen molar-refractivity contribution in [1.82, 2.24) is 10.2 Å². The Morgan fingerprint density at radius 2 is 1.65 bits per heavy atom. The van der Waals surface area contributed by atoms with Gasteiger partial charge in [-0.25, -0.2) is 0 Å². The van der Waals surface area contributed by atoms with Gasteiger partial charge in [0.25, 0.3) is 0 Å². The van der Waals surface area contributed by atoms with Crippen molar-refractivity contribution in [2.75, 3.05) is 31.5 Å². The van der Waals surface area contributed by atoms with Gasteiger partial charge in [-0.05, 0) is 80.2 Å². The van der Waals surface area contributed by atoms with Crippen molar-refractivity contribution in [3.63, 3.8) is 0 Å². The van der Waals surface area contributed by atoms with Crippen molar-refractivity contribution in [2.24, 2.45) is 0 Å². The number of rotatable bonds is 5. The highest BCUT2D eigenvalue weighted by molar-refractivity contribution is 6.33. The maximum atomic E-state index is 6.51. The lowest BCUT2D eigenvalue weighted by atomic mass is 10.0. The van der Waals surface area contributed by atoms with Crippen molar-refractivity contribution < 1.29 is 0 Å². The van der Waals surface area contributed by atoms with Crippen LogP contribution in [0, 0.1) is 0 Å². The van der Waals surface area contributed by atoms with Gasteiger partial charge in [-0.15, -0.1) is 0 Å². The molecule has 1 fully saturated rings. The quantitative estimate of drug-likeness (QED) is 0.825. The summed E-state index contributed by atoms with van der Waals surface area (Å²) in [5.41, 5.74) is 6.63. The molecule has 2 aromatic carbocycles. The molecule has 0 aliphatic carbocycles. The molecule has 26 heavy (non-hydrogen) atoms. The highest BCUT2D eigenvalue weighted by atomic mass is 35.5. The first kappa shape index (κ1) is 17.8. The number of hydrogen-bond acceptors (Lipinski definition) is 3. The van der Waals surface area contributed by atoms with E-state index >= 15 is 0 Å². The summed E-state index contributed by atoms with van der Waals surface area (Å²) in [6.07, 6.45) is 4.80. The largest absolute Gasteiger partial charge is 0.380 e. The topological polar surface area (TPSA) is 27.3 Å². The third-order valence-corrected chi connectivity index (χ3v) is 5.89. The van der Waals surface area contributed by atoms with Crippen LogP contribution in [-0.2, 0) is 25.9 Å². The molecule has 2 heterocycles. The second kappa shape index (κ2) is 8.43. The molecule has 0 aromatic heterocycles. The van der Waals surface area contributed by atoms with Gasteiger partial charge in [-0.1, -0.05) is 41.9 Å². The molecule has 0 radical (unpaired) electrons. The lowest BCUT2D eigenvalue weighted by Gasteiger charge is -2.17. The number of nitrogens with one attached hydrogen (secondary N) is 2. The maximum Gasteiger partial charge on any atom is 0.0640 e. The number of fused-ring (bicyclic) bond motifs is 1. The van der Waals surface area contributed by atoms with E-state index < -0.39 is 0 Å². The highest BCUT2D eigenvalue weighted by Gasteiger charge is 2.15. The highest BCUT2D eigenvalue weighted by Crippen LogP contribution is 2.31. The minimum absolute atomic E-state index is 0.813. The van der Waals surface area contributed by atoms with Crippen LogP contribution in [0.3, 0.4) is 0 Å². The fourth-order valence-corrected chi connectivity index (χ4v) is 4.33. The zero-order valence-electron chi connectivity index (χ0n) is 15.4. The Labute approximate surface area is 161 Å². The molecule has 0 atom stereocenters. The molecule has 1 saturated heterocycles. The Morgan fingerprint density at radius 3 is 2.46 bits per heavy atom. The zero-order valence-corrected chi connectivity index (χ0v) is 16.1. The minimum atomic E-state index is 0.813. The Hall–Kier alpha value is -1.55. The summed E-state index contributed by atoms with van der Waals surface area (Å²) in [5.74, 6) is 0. The molecule has 0 saturated carbocycles. The Balaban J connectivity index is 1.42. The lowest BCUT2D eigenvalue weighted by molar-refractivity contribution is 0.331. The molecular weight excluding hydrogens is 342 g/mol. The first-order chi connectivity index (χ1) is 12.8. The number of halogens is 1. The van der Waals surface area contributed by atoms with E-state index in [2.05, 4.69) is 45.9 Å². The van der Waals surface area contributed by atoms with Crippen molar-refractivity contribution in [3.8, 4) is 0 Å². The molecule has 138 valence electrons. The Morgan fingerprint density at radius 1 is 0.923 bits per heavy atom. The molecule has 0 spiro atoms. The fourth-order valence-electron chi connectivity index (χ4n) is 4.09. The van der Waals surface area contributed by atoms with Crippen LogP contribution in [0.25, 0.3) is 0 Å². The van der Waals surface area contributed by atoms with Gasteiger partial charge in [0.05, 0.1) is 10.7 Å². The number of likely N-dealkylation sites (tertiary alicyclic amines) is 1. The smallest absolute Gasteiger partial charge is 0.0640 e. The molecule has 0 amide bonds. The van der Waals surface area contributed by atoms with Gasteiger partial charge in [0, 0.05) is 13.1 Å². The van der Waals surface area contributed by atoms with E-state index in [0.717, 1.165) is 49.7 Å². The average molecular weight is 370 g/mol. The molecule has 0 bridgehead atoms. The van der Waals surface area contributed by atoms with Crippen LogP contribution in [0.4, 0.5) is 5.69 Å². The van der Waals surface area contributed by atoms with Crippen LogP contribution in [-0.4, -0.2) is 31.1 Å². The summed E-state index contributed by atoms with van der Waals surface area (Å²) in [4.78, 5) is 2.54. The summed E-state index contributed by atoms with van der Waals surface area (Å²) < 4.78 is 0. The number of anilines is 1. The van der Waals surface area contributed by atoms with E-state index in [0.29, 0.717) is 0 Å². The normalized spacial score (nSPS) is 17.7. The lowest BCUT2D eigenvalue weighted by Crippen LogP contribution is -2.18. The van der Waals surface area contributed by atoms with Crippen LogP contribution in [0.2, 0.25) is 5.02 Å². The van der Waals surface area contributed by atoms with Crippen molar-refractivity contribution >= 4 is 17.3 Å². The van der Waals surface area contributed by atoms with E-state index in [1.807, 2.05) is 6.07 Å². The van der Waals surface area contributed by atoms with E-state index in [1.54, 1.807) is 0 Å². The molecule has 2 aliphatic heterocycles. The van der Waals surface area contributed by atoms with Gasteiger partial charge in [0.15, 0.2) is 0 Å². The molecule has 2 aliphatic rings. The molecule has 2 aromatic rings. The van der Waals surface area contributed by atoms with Gasteiger partial charge in [0.1, 0.15) is 0 Å². The molecule has 2 N–H and O–H groups in total. The van der Waals surface area contributed by atoms with Crippen molar-refractivity contribution in [3.05, 3.63) is 63.7 Å². The summed E-state index contributed by atoms with van der Waals surface area (Å²) >= 11 is 6.51. The first-order valence-electron chi connectivity index (χ1n) is 9.84. The summed E-state index contributed by atoms with van der Waals surface area (Å²) in [6, 6.07) is 13.2. The monoisotopic (exact) mass is 369 g/mol. The summed E-state index contributed by atoms with van der Waals surface area (Å²) in [7, 11) is 0. The molecular formula is C22H28ClN3. The van der Waals surface area contributed by atoms with E-state index in [-0.39, 0.29) is 0 Å². The van der Waals surface area contributed by atoms with Gasteiger partial charge >= 0.3 is 0 Å². The predicted molar refractivity (Wildman–Crippen MR) is 110 cm³/mol. The van der Waals surface area contributed by atoms with Crippen molar-refractivity contribution in [1.29, 1.82) is 0 Å². The molecule has 3 nitrogen and oxygen atoms in total. The van der Waals surface area contributed by atoms with E-state index in [4.69, 9.17) is 11.6 Å². The second-order valence-electron chi connectivity index (χ2n) is 7.46. The van der Waals surface area contributed by atoms with Gasteiger partial charge in [-0.3, -0.25) is 4.90 Å². The standard InChI is InChI=1S/C22H28ClN3/c23-21-8-7-19-9-11-24-12-10-20(19)22(21)25-15-17-3-5-18(6-4-17)16-26-13-1-2-14-26/h3-8,24-25H,1-2,9-16H2. The van der Waals surface area contributed by atoms with Gasteiger partial charge in [-0.2, -0.15) is 0 Å². The summed E-state index contributed by atoms with van der Waals surface area (Å²) in [6.45, 7) is 6.46. The Kier molecular flexibility index (Phi) is 5.78. The van der Waals surface area contributed by atoms with Crippen LogP contribution in [0.1, 0.15) is 35.1 Å². The molecule has 4 rings (SSSR count). The molecule has 4 heteroatoms. The van der Waals surface area contributed by atoms with Crippen LogP contribution in [0.5, 0.6) is 0 Å². The number of benzene rings is 2. The molecule has 0 unspecified atom stereocenters. The zero-order chi connectivity index (χ0) is 17.8. The Bertz CT molecular complexity index is 736. The third-order valence-electron chi connectivity index (χ3n) is 5.58. The predicted octanol–water partition coefficient (Wildman–Crippen LogP) is 4.24. The number of hydrogen-bond donors (Lipinski definition) is 2. The van der Waals surface area contributed by atoms with Crippen LogP contribution < -0.4 is 10.6 Å². The van der Waals surface area contributed by atoms with E-state index in [1.165, 1.54) is 48.2 Å². The van der Waals surface area contributed by atoms with Crippen molar-refractivity contribution in [2.45, 2.75) is 38.8 Å². The van der Waals surface area contributed by atoms with Gasteiger partial charge < -0.3 is 10.6 Å². The summed E-state index contributed by atoms with van der Waals surface area (Å²) in [5, 5.41) is 7.91. The fraction of sp³-hybridized carbons (Fsp3) is 0.455. The van der Waals surface area contributed by atoms with Crippen LogP contribution in [0.15, 0.2) is 36.4 Å². The SMILES string of the molecule is Clc1ccc2c(c1NCc1ccc(CN3CCCC3)cc1)CCNCC2. The third kappa shape index (κ3) is 4.22. The second-order valence-corrected chi connectivity index (χ2v) is 7.87. The first-order valence-corrected chi connectivity index (χ1v) is 10.2. The minimum Gasteiger partial charge on any atom is -0.380 e. The maximum absolute atomic E-state index is 6.51. The van der Waals surface area contributed by atoms with E-state index in [9.17, 15) is 0 Å².